The van der Waals surface area contributed by atoms with E-state index in [1.165, 1.54) is 16.3 Å². The number of aromatic nitrogens is 1. The van der Waals surface area contributed by atoms with E-state index in [2.05, 4.69) is 34.6 Å². The molecule has 0 saturated carbocycles. The van der Waals surface area contributed by atoms with Crippen LogP contribution in [0.1, 0.15) is 37.6 Å². The molecule has 1 aromatic heterocycles. The van der Waals surface area contributed by atoms with Gasteiger partial charge in [-0.3, -0.25) is 4.98 Å². The summed E-state index contributed by atoms with van der Waals surface area (Å²) < 4.78 is 5.24. The van der Waals surface area contributed by atoms with Gasteiger partial charge in [-0.1, -0.05) is 48.5 Å². The van der Waals surface area contributed by atoms with Crippen LogP contribution in [0.5, 0.6) is 0 Å². The number of carbonyl (C=O) groups excluding carboxylic acids is 1. The molecule has 4 heteroatoms. The van der Waals surface area contributed by atoms with Crippen LogP contribution in [-0.4, -0.2) is 16.7 Å². The van der Waals surface area contributed by atoms with Gasteiger partial charge in [0.1, 0.15) is 5.60 Å². The lowest BCUT2D eigenvalue weighted by atomic mass is 10.0. The highest BCUT2D eigenvalue weighted by Crippen LogP contribution is 2.19. The van der Waals surface area contributed by atoms with E-state index in [0.717, 1.165) is 17.7 Å². The maximum Gasteiger partial charge on any atom is 0.407 e. The first-order chi connectivity index (χ1) is 12.4. The minimum absolute atomic E-state index is 0.401. The second-order valence-corrected chi connectivity index (χ2v) is 7.33. The zero-order valence-corrected chi connectivity index (χ0v) is 15.5. The molecule has 3 aromatic rings. The van der Waals surface area contributed by atoms with Gasteiger partial charge in [-0.05, 0) is 43.4 Å². The lowest BCUT2D eigenvalue weighted by Gasteiger charge is -2.19. The molecular formula is C22H24N2O2. The SMILES string of the molecule is CC(C)(C)OC(=O)NCc1ccc(Cc2nccc3ccccc23)cc1. The molecule has 0 bridgehead atoms. The Labute approximate surface area is 154 Å². The van der Waals surface area contributed by atoms with Gasteiger partial charge in [0, 0.05) is 24.5 Å². The van der Waals surface area contributed by atoms with Crippen LogP contribution in [0, 0.1) is 0 Å². The Morgan fingerprint density at radius 1 is 1.00 bits per heavy atom. The topological polar surface area (TPSA) is 51.2 Å². The normalized spacial score (nSPS) is 11.3. The molecule has 0 aliphatic rings. The van der Waals surface area contributed by atoms with Crippen LogP contribution >= 0.6 is 0 Å². The zero-order valence-electron chi connectivity index (χ0n) is 15.5. The number of benzene rings is 2. The number of amides is 1. The van der Waals surface area contributed by atoms with Crippen LogP contribution in [0.4, 0.5) is 4.79 Å². The molecule has 1 N–H and O–H groups in total. The molecule has 0 saturated heterocycles. The van der Waals surface area contributed by atoms with E-state index in [1.54, 1.807) is 0 Å². The number of ether oxygens (including phenoxy) is 1. The number of alkyl carbamates (subject to hydrolysis) is 1. The maximum atomic E-state index is 11.7. The molecule has 2 aromatic carbocycles. The van der Waals surface area contributed by atoms with Crippen molar-refractivity contribution in [3.05, 3.63) is 77.6 Å². The molecular weight excluding hydrogens is 324 g/mol. The molecule has 0 aliphatic heterocycles. The molecule has 0 atom stereocenters. The van der Waals surface area contributed by atoms with Gasteiger partial charge < -0.3 is 10.1 Å². The number of carbonyl (C=O) groups is 1. The third-order valence-corrected chi connectivity index (χ3v) is 3.99. The second kappa shape index (κ2) is 7.56. The van der Waals surface area contributed by atoms with Crippen LogP contribution in [0.2, 0.25) is 0 Å². The summed E-state index contributed by atoms with van der Waals surface area (Å²) in [5.41, 5.74) is 2.81. The molecule has 1 amide bonds. The van der Waals surface area contributed by atoms with Gasteiger partial charge in [0.2, 0.25) is 0 Å². The van der Waals surface area contributed by atoms with Crippen molar-refractivity contribution in [3.63, 3.8) is 0 Å². The molecule has 26 heavy (non-hydrogen) atoms. The number of hydrogen-bond acceptors (Lipinski definition) is 3. The second-order valence-electron chi connectivity index (χ2n) is 7.33. The molecule has 0 radical (unpaired) electrons. The summed E-state index contributed by atoms with van der Waals surface area (Å²) in [6.07, 6.45) is 2.24. The van der Waals surface area contributed by atoms with E-state index in [-0.39, 0.29) is 0 Å². The first-order valence-electron chi connectivity index (χ1n) is 8.78. The quantitative estimate of drug-likeness (QED) is 0.733. The fraction of sp³-hybridized carbons (Fsp3) is 0.273. The van der Waals surface area contributed by atoms with Crippen molar-refractivity contribution in [1.29, 1.82) is 0 Å². The van der Waals surface area contributed by atoms with E-state index < -0.39 is 11.7 Å². The highest BCUT2D eigenvalue weighted by Gasteiger charge is 2.15. The molecule has 4 nitrogen and oxygen atoms in total. The molecule has 134 valence electrons. The number of nitrogens with zero attached hydrogens (tertiary/aromatic N) is 1. The number of pyridine rings is 1. The molecule has 0 spiro atoms. The van der Waals surface area contributed by atoms with Crippen molar-refractivity contribution in [2.75, 3.05) is 0 Å². The summed E-state index contributed by atoms with van der Waals surface area (Å²) in [6.45, 7) is 6.00. The fourth-order valence-electron chi connectivity index (χ4n) is 2.78. The smallest absolute Gasteiger partial charge is 0.407 e. The predicted octanol–water partition coefficient (Wildman–Crippen LogP) is 4.85. The number of fused-ring (bicyclic) bond motifs is 1. The van der Waals surface area contributed by atoms with Crippen molar-refractivity contribution in [2.24, 2.45) is 0 Å². The van der Waals surface area contributed by atoms with Gasteiger partial charge in [0.15, 0.2) is 0 Å². The Bertz CT molecular complexity index is 891. The Balaban J connectivity index is 1.63. The third kappa shape index (κ3) is 4.82. The van der Waals surface area contributed by atoms with Crippen LogP contribution in [0.25, 0.3) is 10.8 Å². The average molecular weight is 348 g/mol. The monoisotopic (exact) mass is 348 g/mol. The Hall–Kier alpha value is -2.88. The van der Waals surface area contributed by atoms with E-state index in [1.807, 2.05) is 57.3 Å². The van der Waals surface area contributed by atoms with Gasteiger partial charge in [0.25, 0.3) is 0 Å². The summed E-state index contributed by atoms with van der Waals surface area (Å²) >= 11 is 0. The summed E-state index contributed by atoms with van der Waals surface area (Å²) in [6, 6.07) is 18.5. The van der Waals surface area contributed by atoms with Crippen molar-refractivity contribution in [3.8, 4) is 0 Å². The van der Waals surface area contributed by atoms with Crippen LogP contribution in [0.3, 0.4) is 0 Å². The Morgan fingerprint density at radius 3 is 2.42 bits per heavy atom. The van der Waals surface area contributed by atoms with Crippen LogP contribution < -0.4 is 5.32 Å². The van der Waals surface area contributed by atoms with E-state index in [0.29, 0.717) is 6.54 Å². The van der Waals surface area contributed by atoms with Crippen LogP contribution in [0.15, 0.2) is 60.8 Å². The van der Waals surface area contributed by atoms with E-state index in [9.17, 15) is 4.79 Å². The Morgan fingerprint density at radius 2 is 1.69 bits per heavy atom. The van der Waals surface area contributed by atoms with E-state index in [4.69, 9.17) is 4.74 Å². The summed E-state index contributed by atoms with van der Waals surface area (Å²) in [7, 11) is 0. The van der Waals surface area contributed by atoms with Crippen molar-refractivity contribution in [2.45, 2.75) is 39.3 Å². The minimum atomic E-state index is -0.487. The van der Waals surface area contributed by atoms with Gasteiger partial charge >= 0.3 is 6.09 Å². The standard InChI is InChI=1S/C22H24N2O2/c1-22(2,3)26-21(25)24-15-17-10-8-16(9-11-17)14-20-19-7-5-4-6-18(19)12-13-23-20/h4-13H,14-15H2,1-3H3,(H,24,25). The summed E-state index contributed by atoms with van der Waals surface area (Å²) in [4.78, 5) is 16.3. The van der Waals surface area contributed by atoms with Gasteiger partial charge in [-0.15, -0.1) is 0 Å². The molecule has 0 fully saturated rings. The number of hydrogen-bond donors (Lipinski definition) is 1. The first kappa shape index (κ1) is 17.9. The fourth-order valence-corrected chi connectivity index (χ4v) is 2.78. The number of nitrogens with one attached hydrogen (secondary N) is 1. The number of rotatable bonds is 4. The van der Waals surface area contributed by atoms with E-state index >= 15 is 0 Å². The first-order valence-corrected chi connectivity index (χ1v) is 8.78. The van der Waals surface area contributed by atoms with Crippen molar-refractivity contribution >= 4 is 16.9 Å². The predicted molar refractivity (Wildman–Crippen MR) is 104 cm³/mol. The largest absolute Gasteiger partial charge is 0.444 e. The molecule has 0 unspecified atom stereocenters. The molecule has 1 heterocycles. The van der Waals surface area contributed by atoms with Crippen molar-refractivity contribution < 1.29 is 9.53 Å². The minimum Gasteiger partial charge on any atom is -0.444 e. The van der Waals surface area contributed by atoms with Crippen LogP contribution in [-0.2, 0) is 17.7 Å². The Kier molecular flexibility index (Phi) is 5.21. The van der Waals surface area contributed by atoms with Crippen molar-refractivity contribution in [1.82, 2.24) is 10.3 Å². The van der Waals surface area contributed by atoms with Gasteiger partial charge in [-0.2, -0.15) is 0 Å². The zero-order chi connectivity index (χ0) is 18.6. The summed E-state index contributed by atoms with van der Waals surface area (Å²) in [5, 5.41) is 5.17. The maximum absolute atomic E-state index is 11.7. The van der Waals surface area contributed by atoms with Gasteiger partial charge in [-0.25, -0.2) is 4.79 Å². The molecule has 0 aliphatic carbocycles. The summed E-state index contributed by atoms with van der Waals surface area (Å²) in [5.74, 6) is 0. The third-order valence-electron chi connectivity index (χ3n) is 3.99. The highest BCUT2D eigenvalue weighted by molar-refractivity contribution is 5.84. The average Bonchev–Trinajstić information content (AvgIpc) is 2.60. The lowest BCUT2D eigenvalue weighted by Crippen LogP contribution is -2.32. The highest BCUT2D eigenvalue weighted by atomic mass is 16.6. The lowest BCUT2D eigenvalue weighted by molar-refractivity contribution is 0.0523. The molecule has 3 rings (SSSR count). The van der Waals surface area contributed by atoms with Gasteiger partial charge in [0.05, 0.1) is 5.69 Å².